The Labute approximate surface area is 131 Å². The van der Waals surface area contributed by atoms with E-state index in [-0.39, 0.29) is 11.9 Å². The summed E-state index contributed by atoms with van der Waals surface area (Å²) in [6.45, 7) is 0. The maximum absolute atomic E-state index is 13.9. The molecule has 0 spiro atoms. The number of nitrogens with two attached hydrogens (primary N) is 1. The number of aryl methyl sites for hydroxylation is 2. The van der Waals surface area contributed by atoms with Crippen molar-refractivity contribution in [2.45, 2.75) is 38.1 Å². The summed E-state index contributed by atoms with van der Waals surface area (Å²) in [6.07, 6.45) is 5.46. The Morgan fingerprint density at radius 3 is 2.80 bits per heavy atom. The second-order valence-electron chi connectivity index (χ2n) is 5.35. The zero-order valence-corrected chi connectivity index (χ0v) is 13.6. The number of benzene rings is 1. The first-order valence-corrected chi connectivity index (χ1v) is 8.55. The molecule has 2 N–H and O–H groups in total. The summed E-state index contributed by atoms with van der Waals surface area (Å²) in [4.78, 5) is 2.68. The molecule has 0 amide bonds. The molecule has 106 valence electrons. The molecule has 0 fully saturated rings. The van der Waals surface area contributed by atoms with Gasteiger partial charge in [-0.2, -0.15) is 0 Å². The standard InChI is InChI=1S/C16H17BrFNS/c17-12-6-5-10(13(18)9-12)7-14(19)16-8-11-3-1-2-4-15(11)20-16/h5-6,8-9,14H,1-4,7,19H2. The molecule has 1 aliphatic carbocycles. The number of rotatable bonds is 3. The van der Waals surface area contributed by atoms with Crippen molar-refractivity contribution in [1.29, 1.82) is 0 Å². The molecule has 3 rings (SSSR count). The highest BCUT2D eigenvalue weighted by molar-refractivity contribution is 9.10. The molecule has 1 heterocycles. The van der Waals surface area contributed by atoms with Gasteiger partial charge in [-0.15, -0.1) is 11.3 Å². The normalized spacial score (nSPS) is 15.9. The lowest BCUT2D eigenvalue weighted by Crippen LogP contribution is -2.12. The minimum absolute atomic E-state index is 0.110. The van der Waals surface area contributed by atoms with E-state index < -0.39 is 0 Å². The van der Waals surface area contributed by atoms with Crippen LogP contribution in [0.2, 0.25) is 0 Å². The summed E-state index contributed by atoms with van der Waals surface area (Å²) in [5, 5.41) is 0. The molecule has 2 aromatic rings. The van der Waals surface area contributed by atoms with Crippen LogP contribution in [0.1, 0.15) is 39.8 Å². The number of hydrogen-bond donors (Lipinski definition) is 1. The van der Waals surface area contributed by atoms with Gasteiger partial charge in [0.25, 0.3) is 0 Å². The maximum atomic E-state index is 13.9. The van der Waals surface area contributed by atoms with E-state index >= 15 is 0 Å². The SMILES string of the molecule is NC(Cc1ccc(Br)cc1F)c1cc2c(s1)CCCC2. The lowest BCUT2D eigenvalue weighted by molar-refractivity contribution is 0.594. The van der Waals surface area contributed by atoms with E-state index in [1.165, 1.54) is 47.1 Å². The summed E-state index contributed by atoms with van der Waals surface area (Å²) in [5.74, 6) is -0.184. The van der Waals surface area contributed by atoms with E-state index in [9.17, 15) is 4.39 Å². The molecule has 0 saturated carbocycles. The number of hydrogen-bond acceptors (Lipinski definition) is 2. The summed E-state index contributed by atoms with van der Waals surface area (Å²) < 4.78 is 14.6. The first kappa shape index (κ1) is 14.2. The van der Waals surface area contributed by atoms with Gasteiger partial charge in [0.2, 0.25) is 0 Å². The molecule has 0 saturated heterocycles. The quantitative estimate of drug-likeness (QED) is 0.844. The summed E-state index contributed by atoms with van der Waals surface area (Å²) in [5.41, 5.74) is 8.43. The van der Waals surface area contributed by atoms with Crippen LogP contribution in [0.5, 0.6) is 0 Å². The van der Waals surface area contributed by atoms with Gasteiger partial charge in [-0.05, 0) is 61.4 Å². The lowest BCUT2D eigenvalue weighted by Gasteiger charge is -2.10. The second kappa shape index (κ2) is 5.96. The number of fused-ring (bicyclic) bond motifs is 1. The molecule has 1 aromatic heterocycles. The van der Waals surface area contributed by atoms with Crippen molar-refractivity contribution in [3.63, 3.8) is 0 Å². The predicted octanol–water partition coefficient (Wildman–Crippen LogP) is 4.77. The summed E-state index contributed by atoms with van der Waals surface area (Å²) in [7, 11) is 0. The largest absolute Gasteiger partial charge is 0.323 e. The van der Waals surface area contributed by atoms with Crippen LogP contribution >= 0.6 is 27.3 Å². The van der Waals surface area contributed by atoms with Gasteiger partial charge < -0.3 is 5.73 Å². The van der Waals surface area contributed by atoms with E-state index in [4.69, 9.17) is 5.73 Å². The monoisotopic (exact) mass is 353 g/mol. The van der Waals surface area contributed by atoms with Crippen LogP contribution < -0.4 is 5.73 Å². The number of thiophene rings is 1. The van der Waals surface area contributed by atoms with Crippen LogP contribution in [0.25, 0.3) is 0 Å². The minimum Gasteiger partial charge on any atom is -0.323 e. The van der Waals surface area contributed by atoms with E-state index in [0.29, 0.717) is 12.0 Å². The molecule has 4 heteroatoms. The molecule has 1 aromatic carbocycles. The van der Waals surface area contributed by atoms with Crippen LogP contribution in [-0.4, -0.2) is 0 Å². The third kappa shape index (κ3) is 2.97. The van der Waals surface area contributed by atoms with Gasteiger partial charge in [0, 0.05) is 20.3 Å². The fraction of sp³-hybridized carbons (Fsp3) is 0.375. The van der Waals surface area contributed by atoms with Crippen LogP contribution in [0.4, 0.5) is 4.39 Å². The first-order valence-electron chi connectivity index (χ1n) is 6.94. The molecular formula is C16H17BrFNS. The zero-order chi connectivity index (χ0) is 14.1. The zero-order valence-electron chi connectivity index (χ0n) is 11.2. The molecule has 1 atom stereocenters. The lowest BCUT2D eigenvalue weighted by atomic mass is 9.98. The van der Waals surface area contributed by atoms with Crippen molar-refractivity contribution in [1.82, 2.24) is 0 Å². The Morgan fingerprint density at radius 1 is 1.25 bits per heavy atom. The maximum Gasteiger partial charge on any atom is 0.127 e. The van der Waals surface area contributed by atoms with Gasteiger partial charge >= 0.3 is 0 Å². The van der Waals surface area contributed by atoms with E-state index in [1.54, 1.807) is 0 Å². The molecule has 1 aliphatic rings. The van der Waals surface area contributed by atoms with Crippen molar-refractivity contribution in [3.8, 4) is 0 Å². The van der Waals surface area contributed by atoms with Crippen LogP contribution in [-0.2, 0) is 19.3 Å². The fourth-order valence-electron chi connectivity index (χ4n) is 2.72. The van der Waals surface area contributed by atoms with E-state index in [1.807, 2.05) is 23.5 Å². The molecular weight excluding hydrogens is 337 g/mol. The number of halogens is 2. The second-order valence-corrected chi connectivity index (χ2v) is 7.43. The van der Waals surface area contributed by atoms with Gasteiger partial charge in [-0.1, -0.05) is 22.0 Å². The molecule has 0 bridgehead atoms. The van der Waals surface area contributed by atoms with Crippen LogP contribution in [0.15, 0.2) is 28.7 Å². The Balaban J connectivity index is 1.78. The minimum atomic E-state index is -0.184. The first-order chi connectivity index (χ1) is 9.63. The molecule has 0 radical (unpaired) electrons. The third-order valence-electron chi connectivity index (χ3n) is 3.84. The van der Waals surface area contributed by atoms with Crippen molar-refractivity contribution >= 4 is 27.3 Å². The smallest absolute Gasteiger partial charge is 0.127 e. The Hall–Kier alpha value is -0.710. The fourth-order valence-corrected chi connectivity index (χ4v) is 4.31. The molecule has 20 heavy (non-hydrogen) atoms. The van der Waals surface area contributed by atoms with Crippen molar-refractivity contribution in [3.05, 3.63) is 55.4 Å². The Bertz CT molecular complexity index is 599. The van der Waals surface area contributed by atoms with Gasteiger partial charge in [-0.25, -0.2) is 4.39 Å². The van der Waals surface area contributed by atoms with E-state index in [0.717, 1.165) is 4.47 Å². The highest BCUT2D eigenvalue weighted by Crippen LogP contribution is 2.33. The summed E-state index contributed by atoms with van der Waals surface area (Å²) in [6, 6.07) is 7.31. The van der Waals surface area contributed by atoms with Crippen LogP contribution in [0.3, 0.4) is 0 Å². The Kier molecular flexibility index (Phi) is 4.24. The highest BCUT2D eigenvalue weighted by Gasteiger charge is 2.18. The van der Waals surface area contributed by atoms with E-state index in [2.05, 4.69) is 22.0 Å². The predicted molar refractivity (Wildman–Crippen MR) is 85.7 cm³/mol. The average Bonchev–Trinajstić information content (AvgIpc) is 2.86. The van der Waals surface area contributed by atoms with Crippen LogP contribution in [0, 0.1) is 5.82 Å². The topological polar surface area (TPSA) is 26.0 Å². The average molecular weight is 354 g/mol. The summed E-state index contributed by atoms with van der Waals surface area (Å²) >= 11 is 5.09. The molecule has 0 aliphatic heterocycles. The van der Waals surface area contributed by atoms with Gasteiger partial charge in [0.15, 0.2) is 0 Å². The highest BCUT2D eigenvalue weighted by atomic mass is 79.9. The van der Waals surface area contributed by atoms with Gasteiger partial charge in [0.1, 0.15) is 5.82 Å². The van der Waals surface area contributed by atoms with Gasteiger partial charge in [-0.3, -0.25) is 0 Å². The van der Waals surface area contributed by atoms with Crippen molar-refractivity contribution in [2.24, 2.45) is 5.73 Å². The van der Waals surface area contributed by atoms with Crippen molar-refractivity contribution < 1.29 is 4.39 Å². The van der Waals surface area contributed by atoms with Crippen molar-refractivity contribution in [2.75, 3.05) is 0 Å². The van der Waals surface area contributed by atoms with Gasteiger partial charge in [0.05, 0.1) is 0 Å². The molecule has 1 nitrogen and oxygen atoms in total. The Morgan fingerprint density at radius 2 is 2.05 bits per heavy atom. The third-order valence-corrected chi connectivity index (χ3v) is 5.70. The molecule has 1 unspecified atom stereocenters.